The van der Waals surface area contributed by atoms with Gasteiger partial charge >= 0.3 is 6.03 Å². The Labute approximate surface area is 131 Å². The molecular formula is C16H26N2O2S. The van der Waals surface area contributed by atoms with Gasteiger partial charge in [-0.15, -0.1) is 0 Å². The van der Waals surface area contributed by atoms with Gasteiger partial charge in [0.25, 0.3) is 0 Å². The summed E-state index contributed by atoms with van der Waals surface area (Å²) in [6, 6.07) is 0.396. The fourth-order valence-electron chi connectivity index (χ4n) is 5.11. The molecule has 2 aliphatic heterocycles. The van der Waals surface area contributed by atoms with Crippen LogP contribution in [0.15, 0.2) is 0 Å². The van der Waals surface area contributed by atoms with Gasteiger partial charge in [0.2, 0.25) is 0 Å². The van der Waals surface area contributed by atoms with Crippen LogP contribution in [0.3, 0.4) is 0 Å². The van der Waals surface area contributed by atoms with Gasteiger partial charge in [0.05, 0.1) is 6.10 Å². The van der Waals surface area contributed by atoms with E-state index in [2.05, 4.69) is 10.6 Å². The highest BCUT2D eigenvalue weighted by molar-refractivity contribution is 8.00. The van der Waals surface area contributed by atoms with Crippen LogP contribution < -0.4 is 10.6 Å². The zero-order valence-electron chi connectivity index (χ0n) is 12.6. The van der Waals surface area contributed by atoms with Gasteiger partial charge in [-0.2, -0.15) is 11.8 Å². The summed E-state index contributed by atoms with van der Waals surface area (Å²) < 4.78 is 5.97. The monoisotopic (exact) mass is 310 g/mol. The molecule has 0 bridgehead atoms. The van der Waals surface area contributed by atoms with E-state index < -0.39 is 0 Å². The molecule has 2 saturated heterocycles. The van der Waals surface area contributed by atoms with Crippen LogP contribution in [0.1, 0.15) is 44.9 Å². The molecule has 0 aromatic rings. The lowest BCUT2D eigenvalue weighted by Crippen LogP contribution is -2.69. The van der Waals surface area contributed by atoms with E-state index in [-0.39, 0.29) is 11.4 Å². The van der Waals surface area contributed by atoms with Gasteiger partial charge in [0.15, 0.2) is 0 Å². The number of thioether (sulfide) groups is 1. The minimum absolute atomic E-state index is 0.0455. The minimum atomic E-state index is 0.0455. The number of fused-ring (bicyclic) bond motifs is 2. The van der Waals surface area contributed by atoms with Crippen LogP contribution in [0, 0.1) is 11.3 Å². The van der Waals surface area contributed by atoms with Gasteiger partial charge in [0.1, 0.15) is 0 Å². The Bertz CT molecular complexity index is 405. The number of carbonyl (C=O) groups excluding carboxylic acids is 1. The first kappa shape index (κ1) is 14.2. The van der Waals surface area contributed by atoms with Crippen molar-refractivity contribution in [1.29, 1.82) is 0 Å². The molecule has 1 spiro atoms. The Morgan fingerprint density at radius 3 is 2.86 bits per heavy atom. The summed E-state index contributed by atoms with van der Waals surface area (Å²) >= 11 is 1.99. The molecule has 2 saturated carbocycles. The Morgan fingerprint density at radius 2 is 2.10 bits per heavy atom. The van der Waals surface area contributed by atoms with E-state index in [1.807, 2.05) is 11.8 Å². The molecule has 4 atom stereocenters. The van der Waals surface area contributed by atoms with Crippen LogP contribution in [-0.4, -0.2) is 42.3 Å². The van der Waals surface area contributed by atoms with E-state index >= 15 is 0 Å². The Kier molecular flexibility index (Phi) is 3.82. The van der Waals surface area contributed by atoms with Gasteiger partial charge in [-0.3, -0.25) is 0 Å². The molecular weight excluding hydrogens is 284 g/mol. The summed E-state index contributed by atoms with van der Waals surface area (Å²) in [6.45, 7) is 1.70. The summed E-state index contributed by atoms with van der Waals surface area (Å²) in [5, 5.41) is 7.03. The standard InChI is InChI=1S/C16H26N2O2S/c19-15(17-10-11-4-3-9-21-11)18-13-12-5-8-20-14(12)16(13)6-1-2-7-16/h11-14H,1-10H2,(H2,17,18,19)/t11-,12+,13+,14+/m1/s1. The van der Waals surface area contributed by atoms with E-state index in [4.69, 9.17) is 4.74 Å². The maximum Gasteiger partial charge on any atom is 0.315 e. The molecule has 4 fully saturated rings. The summed E-state index contributed by atoms with van der Waals surface area (Å²) in [6.07, 6.45) is 9.15. The molecule has 2 aliphatic carbocycles. The summed E-state index contributed by atoms with van der Waals surface area (Å²) in [4.78, 5) is 12.3. The van der Waals surface area contributed by atoms with Crippen molar-refractivity contribution in [1.82, 2.24) is 10.6 Å². The fraction of sp³-hybridized carbons (Fsp3) is 0.938. The summed E-state index contributed by atoms with van der Waals surface area (Å²) in [7, 11) is 0. The third-order valence-corrected chi connectivity index (χ3v) is 7.49. The number of carbonyl (C=O) groups is 1. The minimum Gasteiger partial charge on any atom is -0.377 e. The van der Waals surface area contributed by atoms with Gasteiger partial charge < -0.3 is 15.4 Å². The topological polar surface area (TPSA) is 50.4 Å². The molecule has 0 radical (unpaired) electrons. The molecule has 4 rings (SSSR count). The molecule has 2 N–H and O–H groups in total. The number of urea groups is 1. The van der Waals surface area contributed by atoms with Gasteiger partial charge in [-0.1, -0.05) is 12.8 Å². The molecule has 0 aromatic heterocycles. The highest BCUT2D eigenvalue weighted by Gasteiger charge is 2.65. The molecule has 21 heavy (non-hydrogen) atoms. The normalized spacial score (nSPS) is 40.0. The lowest BCUT2D eigenvalue weighted by Gasteiger charge is -2.56. The van der Waals surface area contributed by atoms with Crippen molar-refractivity contribution < 1.29 is 9.53 Å². The van der Waals surface area contributed by atoms with Gasteiger partial charge in [-0.25, -0.2) is 4.79 Å². The predicted octanol–water partition coefficient (Wildman–Crippen LogP) is 2.53. The third kappa shape index (κ3) is 2.37. The first-order valence-corrected chi connectivity index (χ1v) is 9.62. The van der Waals surface area contributed by atoms with Crippen molar-refractivity contribution >= 4 is 17.8 Å². The molecule has 118 valence electrons. The number of amides is 2. The number of hydrogen-bond donors (Lipinski definition) is 2. The van der Waals surface area contributed by atoms with E-state index in [9.17, 15) is 4.79 Å². The van der Waals surface area contributed by atoms with Crippen LogP contribution in [-0.2, 0) is 4.74 Å². The molecule has 4 nitrogen and oxygen atoms in total. The number of nitrogens with one attached hydrogen (secondary N) is 2. The van der Waals surface area contributed by atoms with Gasteiger partial charge in [-0.05, 0) is 37.9 Å². The van der Waals surface area contributed by atoms with E-state index in [0.29, 0.717) is 23.3 Å². The number of ether oxygens (including phenoxy) is 1. The van der Waals surface area contributed by atoms with Crippen molar-refractivity contribution in [3.63, 3.8) is 0 Å². The first-order valence-electron chi connectivity index (χ1n) is 8.57. The SMILES string of the molecule is O=C(NC[C@H]1CCCS1)N[C@H]1[C@@H]2CCO[C@@H]2C12CCCC2. The first-order chi connectivity index (χ1) is 10.3. The van der Waals surface area contributed by atoms with Crippen LogP contribution in [0.5, 0.6) is 0 Å². The Balaban J connectivity index is 1.33. The molecule has 0 unspecified atom stereocenters. The third-order valence-electron chi connectivity index (χ3n) is 6.09. The quantitative estimate of drug-likeness (QED) is 0.842. The fourth-order valence-corrected chi connectivity index (χ4v) is 6.31. The number of hydrogen-bond acceptors (Lipinski definition) is 3. The molecule has 2 amide bonds. The average molecular weight is 310 g/mol. The van der Waals surface area contributed by atoms with Crippen LogP contribution in [0.2, 0.25) is 0 Å². The van der Waals surface area contributed by atoms with Gasteiger partial charge in [0, 0.05) is 35.8 Å². The Hall–Kier alpha value is -0.420. The van der Waals surface area contributed by atoms with E-state index in [1.54, 1.807) is 0 Å². The smallest absolute Gasteiger partial charge is 0.315 e. The second-order valence-corrected chi connectivity index (χ2v) is 8.56. The van der Waals surface area contributed by atoms with Crippen molar-refractivity contribution in [2.45, 2.75) is 62.3 Å². The lowest BCUT2D eigenvalue weighted by molar-refractivity contribution is -0.126. The number of rotatable bonds is 3. The van der Waals surface area contributed by atoms with Crippen molar-refractivity contribution in [2.24, 2.45) is 11.3 Å². The second kappa shape index (κ2) is 5.65. The highest BCUT2D eigenvalue weighted by Crippen LogP contribution is 2.60. The maximum absolute atomic E-state index is 12.3. The largest absolute Gasteiger partial charge is 0.377 e. The molecule has 5 heteroatoms. The summed E-state index contributed by atoms with van der Waals surface area (Å²) in [5.41, 5.74) is 0.264. The van der Waals surface area contributed by atoms with Crippen molar-refractivity contribution in [3.05, 3.63) is 0 Å². The van der Waals surface area contributed by atoms with Crippen LogP contribution >= 0.6 is 11.8 Å². The van der Waals surface area contributed by atoms with E-state index in [1.165, 1.54) is 44.3 Å². The zero-order chi connectivity index (χ0) is 14.3. The predicted molar refractivity (Wildman–Crippen MR) is 84.6 cm³/mol. The second-order valence-electron chi connectivity index (χ2n) is 7.15. The van der Waals surface area contributed by atoms with Crippen molar-refractivity contribution in [3.8, 4) is 0 Å². The molecule has 4 aliphatic rings. The highest BCUT2D eigenvalue weighted by atomic mass is 32.2. The lowest BCUT2D eigenvalue weighted by atomic mass is 9.54. The maximum atomic E-state index is 12.3. The zero-order valence-corrected chi connectivity index (χ0v) is 13.4. The van der Waals surface area contributed by atoms with Crippen LogP contribution in [0.4, 0.5) is 4.79 Å². The van der Waals surface area contributed by atoms with Crippen LogP contribution in [0.25, 0.3) is 0 Å². The molecule has 0 aromatic carbocycles. The summed E-state index contributed by atoms with van der Waals surface area (Å²) in [5.74, 6) is 1.82. The average Bonchev–Trinajstić information content (AvgIpc) is 3.22. The van der Waals surface area contributed by atoms with E-state index in [0.717, 1.165) is 19.6 Å². The Morgan fingerprint density at radius 1 is 1.24 bits per heavy atom. The molecule has 2 heterocycles. The van der Waals surface area contributed by atoms with Crippen molar-refractivity contribution in [2.75, 3.05) is 18.9 Å².